The normalized spacial score (nSPS) is 21.4. The second-order valence-corrected chi connectivity index (χ2v) is 8.16. The molecule has 1 atom stereocenters. The molecule has 2 aliphatic heterocycles. The van der Waals surface area contributed by atoms with Gasteiger partial charge in [-0.15, -0.1) is 11.3 Å². The second-order valence-electron chi connectivity index (χ2n) is 5.54. The molecule has 1 aromatic rings. The summed E-state index contributed by atoms with van der Waals surface area (Å²) in [5, 5.41) is 6.96. The molecule has 0 radical (unpaired) electrons. The standard InChI is InChI=1S/C13H18N2O5S2/c14-22(17,18)8-9-5-12(16)15(6-9)2-1-11-13-10(7-21-11)19-3-4-20-13/h7,9H,1-6,8H2,(H2,14,17,18). The van der Waals surface area contributed by atoms with E-state index in [1.807, 2.05) is 5.38 Å². The van der Waals surface area contributed by atoms with Crippen molar-refractivity contribution in [2.24, 2.45) is 11.1 Å². The van der Waals surface area contributed by atoms with Crippen LogP contribution in [0.5, 0.6) is 11.5 Å². The average Bonchev–Trinajstić information content (AvgIpc) is 2.98. The molecule has 1 unspecified atom stereocenters. The lowest BCUT2D eigenvalue weighted by Gasteiger charge is -2.18. The molecule has 2 N–H and O–H groups in total. The topological polar surface area (TPSA) is 98.9 Å². The quantitative estimate of drug-likeness (QED) is 0.821. The van der Waals surface area contributed by atoms with Crippen molar-refractivity contribution in [1.29, 1.82) is 0 Å². The van der Waals surface area contributed by atoms with Crippen molar-refractivity contribution in [2.75, 3.05) is 32.1 Å². The molecule has 0 bridgehead atoms. The van der Waals surface area contributed by atoms with Crippen LogP contribution in [0.1, 0.15) is 11.3 Å². The van der Waals surface area contributed by atoms with Gasteiger partial charge in [-0.25, -0.2) is 13.6 Å². The number of carbonyl (C=O) groups excluding carboxylic acids is 1. The van der Waals surface area contributed by atoms with Crippen molar-refractivity contribution in [1.82, 2.24) is 4.90 Å². The van der Waals surface area contributed by atoms with E-state index in [0.29, 0.717) is 32.7 Å². The van der Waals surface area contributed by atoms with E-state index >= 15 is 0 Å². The molecule has 2 aliphatic rings. The number of nitrogens with two attached hydrogens (primary N) is 1. The largest absolute Gasteiger partial charge is 0.485 e. The van der Waals surface area contributed by atoms with Gasteiger partial charge in [0.05, 0.1) is 10.6 Å². The molecule has 0 aromatic carbocycles. The molecule has 122 valence electrons. The summed E-state index contributed by atoms with van der Waals surface area (Å²) in [6.45, 7) is 2.09. The van der Waals surface area contributed by atoms with Crippen LogP contribution in [0, 0.1) is 5.92 Å². The number of carbonyl (C=O) groups is 1. The Morgan fingerprint density at radius 2 is 2.14 bits per heavy atom. The van der Waals surface area contributed by atoms with Crippen molar-refractivity contribution in [3.05, 3.63) is 10.3 Å². The summed E-state index contributed by atoms with van der Waals surface area (Å²) in [5.74, 6) is 1.19. The van der Waals surface area contributed by atoms with Crippen molar-refractivity contribution < 1.29 is 22.7 Å². The minimum Gasteiger partial charge on any atom is -0.485 e. The number of amides is 1. The van der Waals surface area contributed by atoms with Crippen LogP contribution in [0.3, 0.4) is 0 Å². The van der Waals surface area contributed by atoms with Gasteiger partial charge >= 0.3 is 0 Å². The Labute approximate surface area is 133 Å². The summed E-state index contributed by atoms with van der Waals surface area (Å²) in [6.07, 6.45) is 0.926. The van der Waals surface area contributed by atoms with Gasteiger partial charge < -0.3 is 14.4 Å². The molecular formula is C13H18N2O5S2. The van der Waals surface area contributed by atoms with Crippen LogP contribution in [0.15, 0.2) is 5.38 Å². The first-order chi connectivity index (χ1) is 10.4. The molecule has 3 heterocycles. The van der Waals surface area contributed by atoms with Gasteiger partial charge in [-0.2, -0.15) is 0 Å². The first kappa shape index (κ1) is 15.6. The predicted molar refractivity (Wildman–Crippen MR) is 81.7 cm³/mol. The van der Waals surface area contributed by atoms with Gasteiger partial charge in [0.1, 0.15) is 13.2 Å². The molecule has 7 nitrogen and oxygen atoms in total. The number of hydrogen-bond donors (Lipinski definition) is 1. The molecule has 1 saturated heterocycles. The summed E-state index contributed by atoms with van der Waals surface area (Å²) in [6, 6.07) is 0. The number of thiophene rings is 1. The number of primary sulfonamides is 1. The van der Waals surface area contributed by atoms with E-state index < -0.39 is 10.0 Å². The lowest BCUT2D eigenvalue weighted by molar-refractivity contribution is -0.127. The number of nitrogens with zero attached hydrogens (tertiary/aromatic N) is 1. The van der Waals surface area contributed by atoms with Crippen molar-refractivity contribution in [3.63, 3.8) is 0 Å². The summed E-state index contributed by atoms with van der Waals surface area (Å²) < 4.78 is 33.4. The lowest BCUT2D eigenvalue weighted by Crippen LogP contribution is -2.29. The summed E-state index contributed by atoms with van der Waals surface area (Å²) >= 11 is 1.56. The van der Waals surface area contributed by atoms with Crippen molar-refractivity contribution >= 4 is 27.3 Å². The smallest absolute Gasteiger partial charge is 0.222 e. The van der Waals surface area contributed by atoms with Crippen LogP contribution in [0.4, 0.5) is 0 Å². The number of hydrogen-bond acceptors (Lipinski definition) is 6. The lowest BCUT2D eigenvalue weighted by atomic mass is 10.1. The van der Waals surface area contributed by atoms with Crippen LogP contribution >= 0.6 is 11.3 Å². The third kappa shape index (κ3) is 3.53. The number of fused-ring (bicyclic) bond motifs is 1. The Kier molecular flexibility index (Phi) is 4.28. The Balaban J connectivity index is 1.58. The Hall–Kier alpha value is -1.32. The zero-order valence-electron chi connectivity index (χ0n) is 12.0. The van der Waals surface area contributed by atoms with E-state index in [1.165, 1.54) is 0 Å². The van der Waals surface area contributed by atoms with Gasteiger partial charge in [0.2, 0.25) is 15.9 Å². The Morgan fingerprint density at radius 1 is 1.36 bits per heavy atom. The Bertz CT molecular complexity index is 670. The zero-order chi connectivity index (χ0) is 15.7. The average molecular weight is 346 g/mol. The van der Waals surface area contributed by atoms with E-state index in [9.17, 15) is 13.2 Å². The van der Waals surface area contributed by atoms with E-state index in [4.69, 9.17) is 14.6 Å². The molecule has 3 rings (SSSR count). The fraction of sp³-hybridized carbons (Fsp3) is 0.615. The maximum atomic E-state index is 12.0. The van der Waals surface area contributed by atoms with Gasteiger partial charge in [-0.05, 0) is 0 Å². The number of sulfonamides is 1. The first-order valence-corrected chi connectivity index (χ1v) is 9.66. The van der Waals surface area contributed by atoms with E-state index in [2.05, 4.69) is 0 Å². The monoisotopic (exact) mass is 346 g/mol. The molecular weight excluding hydrogens is 328 g/mol. The van der Waals surface area contributed by atoms with E-state index in [-0.39, 0.29) is 24.0 Å². The molecule has 22 heavy (non-hydrogen) atoms. The van der Waals surface area contributed by atoms with Gasteiger partial charge in [0, 0.05) is 37.2 Å². The summed E-state index contributed by atoms with van der Waals surface area (Å²) in [5.41, 5.74) is 0. The molecule has 0 aliphatic carbocycles. The van der Waals surface area contributed by atoms with Crippen molar-refractivity contribution in [3.8, 4) is 11.5 Å². The highest BCUT2D eigenvalue weighted by molar-refractivity contribution is 7.89. The highest BCUT2D eigenvalue weighted by Crippen LogP contribution is 2.39. The molecule has 1 aromatic heterocycles. The highest BCUT2D eigenvalue weighted by atomic mass is 32.2. The highest BCUT2D eigenvalue weighted by Gasteiger charge is 2.32. The van der Waals surface area contributed by atoms with Crippen LogP contribution in [-0.4, -0.2) is 51.3 Å². The van der Waals surface area contributed by atoms with Crippen LogP contribution in [0.2, 0.25) is 0 Å². The van der Waals surface area contributed by atoms with Gasteiger partial charge in [-0.3, -0.25) is 4.79 Å². The number of ether oxygens (including phenoxy) is 2. The minimum absolute atomic E-state index is 0.0174. The third-order valence-corrected chi connectivity index (χ3v) is 5.69. The van der Waals surface area contributed by atoms with Crippen molar-refractivity contribution in [2.45, 2.75) is 12.8 Å². The number of rotatable bonds is 5. The fourth-order valence-corrected chi connectivity index (χ4v) is 4.62. The van der Waals surface area contributed by atoms with Gasteiger partial charge in [-0.1, -0.05) is 0 Å². The third-order valence-electron chi connectivity index (χ3n) is 3.74. The maximum absolute atomic E-state index is 12.0. The maximum Gasteiger partial charge on any atom is 0.222 e. The van der Waals surface area contributed by atoms with E-state index in [0.717, 1.165) is 16.4 Å². The van der Waals surface area contributed by atoms with Crippen LogP contribution in [0.25, 0.3) is 0 Å². The Morgan fingerprint density at radius 3 is 2.91 bits per heavy atom. The zero-order valence-corrected chi connectivity index (χ0v) is 13.6. The van der Waals surface area contributed by atoms with E-state index in [1.54, 1.807) is 16.2 Å². The van der Waals surface area contributed by atoms with Gasteiger partial charge in [0.15, 0.2) is 11.5 Å². The van der Waals surface area contributed by atoms with Crippen LogP contribution < -0.4 is 14.6 Å². The fourth-order valence-electron chi connectivity index (χ4n) is 2.83. The molecule has 9 heteroatoms. The first-order valence-electron chi connectivity index (χ1n) is 7.06. The number of likely N-dealkylation sites (tertiary alicyclic amines) is 1. The second kappa shape index (κ2) is 6.05. The molecule has 0 saturated carbocycles. The summed E-state index contributed by atoms with van der Waals surface area (Å²) in [4.78, 5) is 14.7. The predicted octanol–water partition coefficient (Wildman–Crippen LogP) is 0.199. The summed E-state index contributed by atoms with van der Waals surface area (Å²) in [7, 11) is -3.54. The molecule has 1 amide bonds. The molecule has 1 fully saturated rings. The minimum atomic E-state index is -3.54. The van der Waals surface area contributed by atoms with Gasteiger partial charge in [0.25, 0.3) is 0 Å². The molecule has 0 spiro atoms. The SMILES string of the molecule is NS(=O)(=O)CC1CC(=O)N(CCc2scc3c2OCCO3)C1. The van der Waals surface area contributed by atoms with Crippen LogP contribution in [-0.2, 0) is 21.2 Å².